The van der Waals surface area contributed by atoms with Crippen molar-refractivity contribution in [2.45, 2.75) is 11.3 Å². The van der Waals surface area contributed by atoms with Crippen molar-refractivity contribution >= 4 is 25.9 Å². The molecule has 0 aliphatic carbocycles. The molecule has 0 aromatic carbocycles. The minimum absolute atomic E-state index is 0.0485. The Hall–Kier alpha value is -1.17. The molecule has 0 saturated heterocycles. The average molecular weight is 297 g/mol. The van der Waals surface area contributed by atoms with Crippen LogP contribution in [0.3, 0.4) is 0 Å². The highest BCUT2D eigenvalue weighted by Gasteiger charge is 2.20. The third kappa shape index (κ3) is 4.25. The second-order valence-corrected chi connectivity index (χ2v) is 7.14. The lowest BCUT2D eigenvalue weighted by Gasteiger charge is -2.04. The molecule has 0 aliphatic rings. The van der Waals surface area contributed by atoms with Gasteiger partial charge in [-0.2, -0.15) is 5.10 Å². The molecule has 104 valence electrons. The number of nitrogens with two attached hydrogens (primary N) is 2. The summed E-state index contributed by atoms with van der Waals surface area (Å²) < 4.78 is 48.3. The van der Waals surface area contributed by atoms with Gasteiger partial charge in [0.2, 0.25) is 20.0 Å². The highest BCUT2D eigenvalue weighted by molar-refractivity contribution is 7.89. The van der Waals surface area contributed by atoms with Crippen molar-refractivity contribution in [2.24, 2.45) is 12.2 Å². The highest BCUT2D eigenvalue weighted by Crippen LogP contribution is 2.14. The Morgan fingerprint density at radius 1 is 1.39 bits per heavy atom. The largest absolute Gasteiger partial charge is 0.381 e. The summed E-state index contributed by atoms with van der Waals surface area (Å²) in [6.45, 7) is -0.0485. The summed E-state index contributed by atoms with van der Waals surface area (Å²) in [6.07, 6.45) is 1.34. The van der Waals surface area contributed by atoms with Gasteiger partial charge in [-0.15, -0.1) is 0 Å². The Labute approximate surface area is 105 Å². The zero-order chi connectivity index (χ0) is 14.0. The first-order valence-electron chi connectivity index (χ1n) is 4.91. The van der Waals surface area contributed by atoms with Crippen LogP contribution < -0.4 is 15.6 Å². The maximum Gasteiger partial charge on any atom is 0.245 e. The monoisotopic (exact) mass is 297 g/mol. The number of aromatic nitrogens is 2. The average Bonchev–Trinajstić information content (AvgIpc) is 2.52. The molecule has 11 heteroatoms. The number of aryl methyl sites for hydroxylation is 1. The fraction of sp³-hybridized carbons (Fsp3) is 0.571. The van der Waals surface area contributed by atoms with Gasteiger partial charge in [0.15, 0.2) is 5.82 Å². The second-order valence-electron chi connectivity index (χ2n) is 3.67. The van der Waals surface area contributed by atoms with Crippen LogP contribution in [0, 0.1) is 0 Å². The number of primary sulfonamides is 1. The van der Waals surface area contributed by atoms with Gasteiger partial charge >= 0.3 is 0 Å². The van der Waals surface area contributed by atoms with Crippen LogP contribution in [0.4, 0.5) is 5.82 Å². The van der Waals surface area contributed by atoms with Gasteiger partial charge in [-0.05, 0) is 6.42 Å². The third-order valence-corrected chi connectivity index (χ3v) is 4.34. The molecule has 9 nitrogen and oxygen atoms in total. The molecule has 1 rings (SSSR count). The van der Waals surface area contributed by atoms with E-state index in [-0.39, 0.29) is 29.4 Å². The van der Waals surface area contributed by atoms with E-state index < -0.39 is 20.0 Å². The Morgan fingerprint density at radius 3 is 2.44 bits per heavy atom. The van der Waals surface area contributed by atoms with Gasteiger partial charge in [0.1, 0.15) is 4.90 Å². The summed E-state index contributed by atoms with van der Waals surface area (Å²) in [7, 11) is -5.83. The van der Waals surface area contributed by atoms with E-state index in [9.17, 15) is 16.8 Å². The summed E-state index contributed by atoms with van der Waals surface area (Å²) in [4.78, 5) is -0.138. The van der Waals surface area contributed by atoms with Gasteiger partial charge in [-0.3, -0.25) is 4.68 Å². The van der Waals surface area contributed by atoms with E-state index >= 15 is 0 Å². The van der Waals surface area contributed by atoms with Gasteiger partial charge < -0.3 is 5.73 Å². The molecule has 1 aromatic rings. The third-order valence-electron chi connectivity index (χ3n) is 2.01. The van der Waals surface area contributed by atoms with Crippen LogP contribution in [0.2, 0.25) is 0 Å². The summed E-state index contributed by atoms with van der Waals surface area (Å²) in [6, 6.07) is 0. The standard InChI is InChI=1S/C7H15N5O4S2/c1-12-5-6(7(8)11-12)18(15,16)10-3-2-4-17(9,13)14/h5,10H,2-4H2,1H3,(H2,8,11)(H2,9,13,14). The second kappa shape index (κ2) is 5.22. The van der Waals surface area contributed by atoms with Crippen molar-refractivity contribution < 1.29 is 16.8 Å². The van der Waals surface area contributed by atoms with Crippen molar-refractivity contribution in [1.29, 1.82) is 0 Å². The molecule has 0 aliphatic heterocycles. The maximum absolute atomic E-state index is 11.8. The van der Waals surface area contributed by atoms with Crippen LogP contribution in [-0.2, 0) is 27.1 Å². The molecule has 5 N–H and O–H groups in total. The first-order valence-corrected chi connectivity index (χ1v) is 8.11. The van der Waals surface area contributed by atoms with Crippen molar-refractivity contribution in [3.63, 3.8) is 0 Å². The quantitative estimate of drug-likeness (QED) is 0.515. The molecule has 0 radical (unpaired) electrons. The van der Waals surface area contributed by atoms with Crippen LogP contribution in [0.15, 0.2) is 11.1 Å². The summed E-state index contributed by atoms with van der Waals surface area (Å²) >= 11 is 0. The van der Waals surface area contributed by atoms with E-state index in [1.807, 2.05) is 0 Å². The predicted octanol–water partition coefficient (Wildman–Crippen LogP) is -2.04. The molecular weight excluding hydrogens is 282 g/mol. The fourth-order valence-corrected chi connectivity index (χ4v) is 2.97. The van der Waals surface area contributed by atoms with Gasteiger partial charge in [0, 0.05) is 19.8 Å². The van der Waals surface area contributed by atoms with E-state index in [1.165, 1.54) is 17.9 Å². The fourth-order valence-electron chi connectivity index (χ4n) is 1.25. The minimum Gasteiger partial charge on any atom is -0.381 e. The van der Waals surface area contributed by atoms with Crippen molar-refractivity contribution in [2.75, 3.05) is 18.0 Å². The molecular formula is C7H15N5O4S2. The van der Waals surface area contributed by atoms with Crippen LogP contribution in [0.25, 0.3) is 0 Å². The molecule has 18 heavy (non-hydrogen) atoms. The molecule has 0 bridgehead atoms. The van der Waals surface area contributed by atoms with Crippen LogP contribution >= 0.6 is 0 Å². The predicted molar refractivity (Wildman–Crippen MR) is 65.4 cm³/mol. The Kier molecular flexibility index (Phi) is 4.32. The van der Waals surface area contributed by atoms with Crippen molar-refractivity contribution in [3.8, 4) is 0 Å². The number of nitrogens with zero attached hydrogens (tertiary/aromatic N) is 2. The summed E-state index contributed by atoms with van der Waals surface area (Å²) in [5, 5.41) is 8.49. The summed E-state index contributed by atoms with van der Waals surface area (Å²) in [5.74, 6) is -0.408. The SMILES string of the molecule is Cn1cc(S(=O)(=O)NCCCS(N)(=O)=O)c(N)n1. The normalized spacial score (nSPS) is 12.8. The first-order chi connectivity index (χ1) is 8.12. The number of hydrogen-bond donors (Lipinski definition) is 3. The number of hydrogen-bond acceptors (Lipinski definition) is 6. The Morgan fingerprint density at radius 2 is 2.00 bits per heavy atom. The lowest BCUT2D eigenvalue weighted by Crippen LogP contribution is -2.27. The first kappa shape index (κ1) is 14.9. The molecule has 0 atom stereocenters. The van der Waals surface area contributed by atoms with Crippen molar-refractivity contribution in [1.82, 2.24) is 14.5 Å². The number of rotatable bonds is 6. The van der Waals surface area contributed by atoms with Gasteiger partial charge in [-0.1, -0.05) is 0 Å². The molecule has 0 unspecified atom stereocenters. The molecule has 0 amide bonds. The smallest absolute Gasteiger partial charge is 0.245 e. The number of sulfonamides is 2. The number of nitrogens with one attached hydrogen (secondary N) is 1. The zero-order valence-electron chi connectivity index (χ0n) is 9.70. The van der Waals surface area contributed by atoms with E-state index in [2.05, 4.69) is 9.82 Å². The van der Waals surface area contributed by atoms with E-state index in [0.29, 0.717) is 0 Å². The topological polar surface area (TPSA) is 150 Å². The minimum atomic E-state index is -3.78. The molecule has 0 saturated carbocycles. The van der Waals surface area contributed by atoms with E-state index in [0.717, 1.165) is 0 Å². The Balaban J connectivity index is 2.64. The van der Waals surface area contributed by atoms with Gasteiger partial charge in [-0.25, -0.2) is 26.7 Å². The number of nitrogen functional groups attached to an aromatic ring is 1. The maximum atomic E-state index is 11.8. The lowest BCUT2D eigenvalue weighted by molar-refractivity contribution is 0.576. The molecule has 0 fully saturated rings. The van der Waals surface area contributed by atoms with Crippen molar-refractivity contribution in [3.05, 3.63) is 6.20 Å². The summed E-state index contributed by atoms with van der Waals surface area (Å²) in [5.41, 5.74) is 5.43. The number of anilines is 1. The zero-order valence-corrected chi connectivity index (χ0v) is 11.3. The van der Waals surface area contributed by atoms with Gasteiger partial charge in [0.05, 0.1) is 5.75 Å². The van der Waals surface area contributed by atoms with Gasteiger partial charge in [0.25, 0.3) is 0 Å². The highest BCUT2D eigenvalue weighted by atomic mass is 32.2. The molecule has 1 heterocycles. The molecule has 1 aromatic heterocycles. The Bertz CT molecular complexity index is 618. The van der Waals surface area contributed by atoms with Crippen LogP contribution in [-0.4, -0.2) is 38.9 Å². The molecule has 0 spiro atoms. The van der Waals surface area contributed by atoms with E-state index in [4.69, 9.17) is 10.9 Å². The van der Waals surface area contributed by atoms with Crippen LogP contribution in [0.5, 0.6) is 0 Å². The van der Waals surface area contributed by atoms with E-state index in [1.54, 1.807) is 0 Å². The van der Waals surface area contributed by atoms with Crippen LogP contribution in [0.1, 0.15) is 6.42 Å². The lowest BCUT2D eigenvalue weighted by atomic mass is 10.5.